The number of aryl methyl sites for hydroxylation is 1. The number of Topliss-reactive ketones (excluding diaryl/α,β-unsaturated/α-hetero) is 2. The van der Waals surface area contributed by atoms with Gasteiger partial charge in [0.25, 0.3) is 0 Å². The van der Waals surface area contributed by atoms with Crippen molar-refractivity contribution in [3.63, 3.8) is 0 Å². The molecular formula is C60H78BrClF3N5O14. The number of ether oxygens (including phenoxy) is 5. The van der Waals surface area contributed by atoms with Crippen molar-refractivity contribution in [2.24, 2.45) is 23.5 Å². The zero-order valence-electron chi connectivity index (χ0n) is 48.7. The highest BCUT2D eigenvalue weighted by molar-refractivity contribution is 9.09. The zero-order valence-corrected chi connectivity index (χ0v) is 51.1. The van der Waals surface area contributed by atoms with Crippen molar-refractivity contribution in [1.29, 1.82) is 0 Å². The second-order valence-corrected chi connectivity index (χ2v) is 23.5. The number of benzene rings is 2. The van der Waals surface area contributed by atoms with Crippen LogP contribution in [0.2, 0.25) is 5.02 Å². The topological polar surface area (TPSA) is 272 Å². The van der Waals surface area contributed by atoms with E-state index in [0.717, 1.165) is 17.2 Å². The predicted molar refractivity (Wildman–Crippen MR) is 311 cm³/mol. The Balaban J connectivity index is 1.37. The van der Waals surface area contributed by atoms with Gasteiger partial charge in [0.05, 0.1) is 53.6 Å². The maximum absolute atomic E-state index is 15.0. The number of methoxy groups -OCH3 is 1. The highest BCUT2D eigenvalue weighted by atomic mass is 79.9. The first kappa shape index (κ1) is 68.6. The summed E-state index contributed by atoms with van der Waals surface area (Å²) in [7, 11) is 2.88. The molecule has 9 atom stereocenters. The third-order valence-electron chi connectivity index (χ3n) is 15.5. The van der Waals surface area contributed by atoms with Crippen molar-refractivity contribution in [1.82, 2.24) is 10.6 Å². The maximum atomic E-state index is 15.0. The van der Waals surface area contributed by atoms with Gasteiger partial charge in [-0.05, 0) is 100 Å². The number of urea groups is 1. The van der Waals surface area contributed by atoms with Gasteiger partial charge in [0.1, 0.15) is 35.3 Å². The van der Waals surface area contributed by atoms with E-state index in [4.69, 9.17) is 41.0 Å². The first-order chi connectivity index (χ1) is 39.4. The Morgan fingerprint density at radius 1 is 1.06 bits per heavy atom. The van der Waals surface area contributed by atoms with Crippen LogP contribution in [0.4, 0.5) is 34.1 Å². The quantitative estimate of drug-likeness (QED) is 0.0173. The second kappa shape index (κ2) is 30.3. The largest absolute Gasteiger partial charge is 0.462 e. The molecule has 0 unspecified atom stereocenters. The molecule has 2 aromatic carbocycles. The summed E-state index contributed by atoms with van der Waals surface area (Å²) >= 11 is 9.95. The van der Waals surface area contributed by atoms with Gasteiger partial charge in [-0.25, -0.2) is 14.4 Å². The number of anilines is 2. The van der Waals surface area contributed by atoms with Crippen LogP contribution in [0.3, 0.4) is 0 Å². The molecular weight excluding hydrogens is 1190 g/mol. The van der Waals surface area contributed by atoms with E-state index in [1.54, 1.807) is 52.8 Å². The monoisotopic (exact) mass is 1260 g/mol. The Labute approximate surface area is 501 Å². The molecule has 0 aromatic heterocycles. The number of carbonyl (C=O) groups is 8. The summed E-state index contributed by atoms with van der Waals surface area (Å²) in [6.45, 7) is 14.1. The molecule has 5 rings (SSSR count). The highest BCUT2D eigenvalue weighted by Crippen LogP contribution is 2.50. The van der Waals surface area contributed by atoms with Crippen LogP contribution in [-0.4, -0.2) is 127 Å². The molecule has 3 heterocycles. The van der Waals surface area contributed by atoms with Crippen molar-refractivity contribution >= 4 is 86.3 Å². The van der Waals surface area contributed by atoms with E-state index < -0.39 is 125 Å². The average molecular weight is 1270 g/mol. The number of allylic oxidation sites excluding steroid dienone is 3. The van der Waals surface area contributed by atoms with E-state index in [1.807, 2.05) is 19.1 Å². The summed E-state index contributed by atoms with van der Waals surface area (Å²) in [6.07, 6.45) is -5.29. The van der Waals surface area contributed by atoms with Gasteiger partial charge in [-0.1, -0.05) is 90.8 Å². The fourth-order valence-electron chi connectivity index (χ4n) is 10.5. The number of nitrogens with two attached hydrogens (primary N) is 1. The third-order valence-corrected chi connectivity index (χ3v) is 16.7. The number of halogens is 5. The van der Waals surface area contributed by atoms with E-state index in [2.05, 4.69) is 38.5 Å². The average Bonchev–Trinajstić information content (AvgIpc) is 1.72. The lowest BCUT2D eigenvalue weighted by Crippen LogP contribution is -2.53. The molecule has 19 nitrogen and oxygen atoms in total. The zero-order chi connectivity index (χ0) is 62.4. The van der Waals surface area contributed by atoms with E-state index in [9.17, 15) is 43.5 Å². The summed E-state index contributed by atoms with van der Waals surface area (Å²) in [5.74, 6) is -5.33. The van der Waals surface area contributed by atoms with Crippen LogP contribution < -0.4 is 26.6 Å². The van der Waals surface area contributed by atoms with Crippen molar-refractivity contribution < 1.29 is 80.3 Å². The number of rotatable bonds is 23. The first-order valence-corrected chi connectivity index (χ1v) is 29.4. The van der Waals surface area contributed by atoms with Crippen LogP contribution in [-0.2, 0) is 71.5 Å². The number of amides is 5. The number of alkyl halides is 4. The SMILES string of the molecule is C=C(CBr)C(=O)OCCCCCC(=O)C[C@H](C(=O)N[C@@H](CCCNC(N)=O)C(=O)Cc1ccc(NC(=O)O[C@H]2CC(=O)N(C)c3cc(cc(C)c3Cl)C/C(C)=C/C=C/[C@@H](OC)[C@]3(O)CC(=O)O[C@@H](C3)[C@@H](C)[C@@H]3O[C@@]23C)c(C(F)(F)F)c1)C(C)C. The molecule has 6 N–H and O–H groups in total. The van der Waals surface area contributed by atoms with E-state index in [-0.39, 0.29) is 84.9 Å². The van der Waals surface area contributed by atoms with Crippen LogP contribution in [0.5, 0.6) is 0 Å². The van der Waals surface area contributed by atoms with Crippen LogP contribution in [0.15, 0.2) is 66.3 Å². The number of nitrogens with one attached hydrogen (secondary N) is 3. The minimum absolute atomic E-state index is 0.00409. The number of hydrogen-bond donors (Lipinski definition) is 5. The number of carbonyl (C=O) groups excluding carboxylic acids is 8. The lowest BCUT2D eigenvalue weighted by molar-refractivity contribution is -0.187. The Morgan fingerprint density at radius 3 is 2.43 bits per heavy atom. The molecule has 2 aromatic rings. The Bertz CT molecular complexity index is 2850. The molecule has 3 aliphatic rings. The highest BCUT2D eigenvalue weighted by Gasteiger charge is 2.64. The molecule has 2 saturated heterocycles. The van der Waals surface area contributed by atoms with Gasteiger partial charge >= 0.3 is 30.2 Å². The first-order valence-electron chi connectivity index (χ1n) is 27.9. The molecule has 24 heteroatoms. The minimum Gasteiger partial charge on any atom is -0.462 e. The van der Waals surface area contributed by atoms with E-state index in [0.29, 0.717) is 43.0 Å². The molecule has 4 bridgehead atoms. The standard InChI is InChI=1S/C60H78BrClF3N5O14/c1-33(2)41(28-40(71)16-11-10-12-22-81-55(76)36(5)32-61)54(75)68-44(17-14-21-67-56(66)77)46(72)27-38-19-20-43(42(25-38)60(63,64)65)69-57(78)83-49-29-50(73)70(8)45-26-39(24-35(4)52(45)62)23-34(3)15-13-18-48(80-9)59(79)30-47(82-51(74)31-59)37(6)53-58(49,7)84-53/h13,15,18-20,24-26,33,37,41,44,47-49,53,79H,5,10-12,14,16-17,21-23,27-32H2,1-4,6-9H3,(H,68,75)(H,69,78)(H3,66,67,77)/b18-13+,34-15+/t37-,41+,44+,47+,48-,49+,53+,58+,59-/m1/s1. The van der Waals surface area contributed by atoms with Crippen molar-refractivity contribution in [3.8, 4) is 0 Å². The third kappa shape index (κ3) is 18.9. The smallest absolute Gasteiger partial charge is 0.418 e. The van der Waals surface area contributed by atoms with Gasteiger partial charge in [-0.15, -0.1) is 0 Å². The van der Waals surface area contributed by atoms with Crippen LogP contribution >= 0.6 is 27.5 Å². The Kier molecular flexibility index (Phi) is 24.7. The number of aliphatic hydroxyl groups is 1. The number of ketones is 2. The van der Waals surface area contributed by atoms with E-state index >= 15 is 13.2 Å². The van der Waals surface area contributed by atoms with Crippen molar-refractivity contribution in [2.45, 2.75) is 166 Å². The molecule has 0 radical (unpaired) electrons. The summed E-state index contributed by atoms with van der Waals surface area (Å²) in [6, 6.07) is 4.29. The fourth-order valence-corrected chi connectivity index (χ4v) is 11.0. The number of nitrogens with zero attached hydrogens (tertiary/aromatic N) is 1. The van der Waals surface area contributed by atoms with Crippen LogP contribution in [0.25, 0.3) is 0 Å². The lowest BCUT2D eigenvalue weighted by Gasteiger charge is -2.41. The maximum Gasteiger partial charge on any atom is 0.418 e. The van der Waals surface area contributed by atoms with Gasteiger partial charge < -0.3 is 50.1 Å². The Hall–Kier alpha value is -6.14. The Morgan fingerprint density at radius 2 is 1.77 bits per heavy atom. The molecule has 3 aliphatic heterocycles. The number of hydrogen-bond acceptors (Lipinski definition) is 14. The number of unbranched alkanes of at least 4 members (excludes halogenated alkanes) is 2. The molecule has 84 heavy (non-hydrogen) atoms. The molecule has 0 saturated carbocycles. The van der Waals surface area contributed by atoms with E-state index in [1.165, 1.54) is 25.1 Å². The van der Waals surface area contributed by atoms with Gasteiger partial charge in [-0.2, -0.15) is 13.2 Å². The number of esters is 2. The molecule has 2 fully saturated rings. The number of primary amides is 1. The molecule has 0 spiro atoms. The normalized spacial score (nSPS) is 24.5. The van der Waals surface area contributed by atoms with Gasteiger partial charge in [0, 0.05) is 69.1 Å². The van der Waals surface area contributed by atoms with Gasteiger partial charge in [0.2, 0.25) is 11.8 Å². The van der Waals surface area contributed by atoms with Crippen LogP contribution in [0.1, 0.15) is 121 Å². The van der Waals surface area contributed by atoms with Crippen LogP contribution in [0, 0.1) is 24.7 Å². The molecule has 462 valence electrons. The predicted octanol–water partition coefficient (Wildman–Crippen LogP) is 9.27. The lowest BCUT2D eigenvalue weighted by atomic mass is 9.78. The minimum atomic E-state index is -5.12. The molecule has 0 aliphatic carbocycles. The summed E-state index contributed by atoms with van der Waals surface area (Å²) < 4.78 is 73.9. The number of fused-ring (bicyclic) bond motifs is 5. The summed E-state index contributed by atoms with van der Waals surface area (Å²) in [4.78, 5) is 107. The fraction of sp³-hybridized carbons (Fsp3) is 0.567. The summed E-state index contributed by atoms with van der Waals surface area (Å²) in [5.41, 5.74) is 2.66. The number of epoxide rings is 1. The van der Waals surface area contributed by atoms with Gasteiger partial charge in [0.15, 0.2) is 5.78 Å². The van der Waals surface area contributed by atoms with Crippen molar-refractivity contribution in [2.75, 3.05) is 42.9 Å². The second-order valence-electron chi connectivity index (χ2n) is 22.5. The van der Waals surface area contributed by atoms with Crippen molar-refractivity contribution in [3.05, 3.63) is 93.6 Å². The molecule has 5 amide bonds. The van der Waals surface area contributed by atoms with Gasteiger partial charge in [-0.3, -0.25) is 29.3 Å². The summed E-state index contributed by atoms with van der Waals surface area (Å²) in [5, 5.41) is 19.8.